The van der Waals surface area contributed by atoms with Crippen molar-refractivity contribution in [2.75, 3.05) is 6.61 Å². The predicted molar refractivity (Wildman–Crippen MR) is 62.7 cm³/mol. The fraction of sp³-hybridized carbons (Fsp3) is 0.250. The number of pyridine rings is 2. The van der Waals surface area contributed by atoms with Crippen LogP contribution < -0.4 is 4.74 Å². The first-order valence-electron chi connectivity index (χ1n) is 5.58. The van der Waals surface area contributed by atoms with E-state index in [0.717, 1.165) is 6.07 Å². The summed E-state index contributed by atoms with van der Waals surface area (Å²) < 4.78 is 43.5. The number of hydrogen-bond donors (Lipinski definition) is 1. The molecule has 2 heterocycles. The number of carboxylic acids is 1. The molecule has 2 aromatic heterocycles. The van der Waals surface area contributed by atoms with Crippen molar-refractivity contribution in [2.45, 2.75) is 13.1 Å². The summed E-state index contributed by atoms with van der Waals surface area (Å²) in [6.07, 6.45) is -4.87. The van der Waals surface area contributed by atoms with Crippen LogP contribution in [0.15, 0.2) is 18.2 Å². The Kier molecular flexibility index (Phi) is 3.47. The van der Waals surface area contributed by atoms with E-state index >= 15 is 0 Å². The number of nitrogens with zero attached hydrogens (tertiary/aromatic N) is 2. The number of halogens is 3. The number of carbonyl (C=O) groups is 1. The van der Waals surface area contributed by atoms with Crippen molar-refractivity contribution < 1.29 is 27.8 Å². The Bertz CT molecular complexity index is 671. The second kappa shape index (κ2) is 4.95. The zero-order valence-electron chi connectivity index (χ0n) is 10.2. The molecule has 8 heteroatoms. The minimum atomic E-state index is -4.87. The molecule has 106 valence electrons. The molecule has 0 aliphatic heterocycles. The zero-order chi connectivity index (χ0) is 14.9. The molecule has 2 aromatic rings. The largest absolute Gasteiger partial charge is 0.478 e. The van der Waals surface area contributed by atoms with Gasteiger partial charge < -0.3 is 9.84 Å². The summed E-state index contributed by atoms with van der Waals surface area (Å²) in [5.41, 5.74) is -2.59. The van der Waals surface area contributed by atoms with E-state index in [9.17, 15) is 18.0 Å². The van der Waals surface area contributed by atoms with Crippen LogP contribution in [0.4, 0.5) is 13.2 Å². The first-order chi connectivity index (χ1) is 9.32. The number of rotatable bonds is 3. The van der Waals surface area contributed by atoms with E-state index in [1.165, 1.54) is 12.1 Å². The Morgan fingerprint density at radius 1 is 1.35 bits per heavy atom. The zero-order valence-corrected chi connectivity index (χ0v) is 10.2. The van der Waals surface area contributed by atoms with Gasteiger partial charge in [0, 0.05) is 11.5 Å². The van der Waals surface area contributed by atoms with Gasteiger partial charge in [-0.1, -0.05) is 0 Å². The minimum absolute atomic E-state index is 0.128. The van der Waals surface area contributed by atoms with Gasteiger partial charge in [-0.3, -0.25) is 0 Å². The maximum absolute atomic E-state index is 12.8. The number of aromatic carboxylic acids is 1. The SMILES string of the molecule is CCOc1ccc2cc(C(=O)O)c(C(F)(F)F)nc2n1. The van der Waals surface area contributed by atoms with E-state index in [2.05, 4.69) is 9.97 Å². The van der Waals surface area contributed by atoms with Gasteiger partial charge in [-0.15, -0.1) is 0 Å². The van der Waals surface area contributed by atoms with Gasteiger partial charge in [-0.2, -0.15) is 18.2 Å². The molecular formula is C12H9F3N2O3. The number of aromatic nitrogens is 2. The predicted octanol–water partition coefficient (Wildman–Crippen LogP) is 2.75. The molecule has 0 unspecified atom stereocenters. The summed E-state index contributed by atoms with van der Waals surface area (Å²) in [5.74, 6) is -1.57. The molecular weight excluding hydrogens is 277 g/mol. The average Bonchev–Trinajstić information content (AvgIpc) is 2.36. The van der Waals surface area contributed by atoms with E-state index in [4.69, 9.17) is 9.84 Å². The van der Waals surface area contributed by atoms with Crippen molar-refractivity contribution in [1.29, 1.82) is 0 Å². The van der Waals surface area contributed by atoms with Crippen LogP contribution in [-0.2, 0) is 6.18 Å². The lowest BCUT2D eigenvalue weighted by atomic mass is 10.1. The Morgan fingerprint density at radius 3 is 2.60 bits per heavy atom. The molecule has 1 N–H and O–H groups in total. The van der Waals surface area contributed by atoms with Crippen LogP contribution >= 0.6 is 0 Å². The Labute approximate surface area is 111 Å². The van der Waals surface area contributed by atoms with Gasteiger partial charge in [0.25, 0.3) is 0 Å². The molecule has 0 aliphatic rings. The molecule has 0 aliphatic carbocycles. The number of ether oxygens (including phenoxy) is 1. The second-order valence-electron chi connectivity index (χ2n) is 3.82. The summed E-state index contributed by atoms with van der Waals surface area (Å²) in [6.45, 7) is 2.01. The Balaban J connectivity index is 2.69. The molecule has 0 fully saturated rings. The Morgan fingerprint density at radius 2 is 2.05 bits per heavy atom. The number of fused-ring (bicyclic) bond motifs is 1. The van der Waals surface area contributed by atoms with Crippen molar-refractivity contribution >= 4 is 17.0 Å². The minimum Gasteiger partial charge on any atom is -0.478 e. The van der Waals surface area contributed by atoms with Crippen LogP contribution in [0.5, 0.6) is 5.88 Å². The van der Waals surface area contributed by atoms with Crippen molar-refractivity contribution in [1.82, 2.24) is 9.97 Å². The molecule has 0 spiro atoms. The molecule has 5 nitrogen and oxygen atoms in total. The second-order valence-corrected chi connectivity index (χ2v) is 3.82. The fourth-order valence-corrected chi connectivity index (χ4v) is 1.64. The van der Waals surface area contributed by atoms with Gasteiger partial charge in [-0.25, -0.2) is 9.78 Å². The van der Waals surface area contributed by atoms with Crippen LogP contribution in [0.25, 0.3) is 11.0 Å². The lowest BCUT2D eigenvalue weighted by molar-refractivity contribution is -0.141. The maximum atomic E-state index is 12.8. The molecule has 0 bridgehead atoms. The van der Waals surface area contributed by atoms with Crippen molar-refractivity contribution in [3.63, 3.8) is 0 Å². The molecule has 20 heavy (non-hydrogen) atoms. The maximum Gasteiger partial charge on any atom is 0.434 e. The van der Waals surface area contributed by atoms with Gasteiger partial charge in [0.1, 0.15) is 0 Å². The average molecular weight is 286 g/mol. The van der Waals surface area contributed by atoms with Gasteiger partial charge in [0.15, 0.2) is 11.3 Å². The van der Waals surface area contributed by atoms with Crippen molar-refractivity contribution in [3.8, 4) is 5.88 Å². The van der Waals surface area contributed by atoms with Gasteiger partial charge in [0.05, 0.1) is 12.2 Å². The van der Waals surface area contributed by atoms with Crippen LogP contribution in [0.2, 0.25) is 0 Å². The monoisotopic (exact) mass is 286 g/mol. The fourth-order valence-electron chi connectivity index (χ4n) is 1.64. The summed E-state index contributed by atoms with van der Waals surface area (Å²) in [6, 6.07) is 3.75. The molecule has 0 amide bonds. The molecule has 0 aromatic carbocycles. The van der Waals surface area contributed by atoms with E-state index in [-0.39, 0.29) is 16.9 Å². The summed E-state index contributed by atoms with van der Waals surface area (Å²) in [5, 5.41) is 9.04. The molecule has 0 radical (unpaired) electrons. The summed E-state index contributed by atoms with van der Waals surface area (Å²) in [4.78, 5) is 18.0. The summed E-state index contributed by atoms with van der Waals surface area (Å²) in [7, 11) is 0. The highest BCUT2D eigenvalue weighted by molar-refractivity contribution is 5.93. The molecule has 0 saturated heterocycles. The third kappa shape index (κ3) is 2.63. The van der Waals surface area contributed by atoms with Crippen molar-refractivity contribution in [2.24, 2.45) is 0 Å². The normalized spacial score (nSPS) is 11.6. The highest BCUT2D eigenvalue weighted by Crippen LogP contribution is 2.32. The molecule has 2 rings (SSSR count). The van der Waals surface area contributed by atoms with Gasteiger partial charge in [-0.05, 0) is 19.1 Å². The lowest BCUT2D eigenvalue weighted by Gasteiger charge is -2.10. The first kappa shape index (κ1) is 14.0. The smallest absolute Gasteiger partial charge is 0.434 e. The van der Waals surface area contributed by atoms with Crippen LogP contribution in [0.3, 0.4) is 0 Å². The third-order valence-corrected chi connectivity index (χ3v) is 2.44. The lowest BCUT2D eigenvalue weighted by Crippen LogP contribution is -2.15. The van der Waals surface area contributed by atoms with Gasteiger partial charge >= 0.3 is 12.1 Å². The van der Waals surface area contributed by atoms with E-state index in [1.807, 2.05) is 0 Å². The standard InChI is InChI=1S/C12H9F3N2O3/c1-2-20-8-4-3-6-5-7(11(18)19)9(12(13,14)15)17-10(6)16-8/h3-5H,2H2,1H3,(H,18,19). The number of hydrogen-bond acceptors (Lipinski definition) is 4. The van der Waals surface area contributed by atoms with E-state index in [1.54, 1.807) is 6.92 Å². The molecule has 0 saturated carbocycles. The number of carboxylic acid groups (broad SMARTS) is 1. The van der Waals surface area contributed by atoms with Crippen LogP contribution in [0, 0.1) is 0 Å². The topological polar surface area (TPSA) is 72.3 Å². The van der Waals surface area contributed by atoms with Crippen LogP contribution in [-0.4, -0.2) is 27.7 Å². The Hall–Kier alpha value is -2.38. The number of alkyl halides is 3. The van der Waals surface area contributed by atoms with E-state index in [0.29, 0.717) is 6.61 Å². The third-order valence-electron chi connectivity index (χ3n) is 2.44. The van der Waals surface area contributed by atoms with Crippen molar-refractivity contribution in [3.05, 3.63) is 29.5 Å². The summed E-state index contributed by atoms with van der Waals surface area (Å²) >= 11 is 0. The quantitative estimate of drug-likeness (QED) is 0.939. The van der Waals surface area contributed by atoms with Gasteiger partial charge in [0.2, 0.25) is 5.88 Å². The highest BCUT2D eigenvalue weighted by atomic mass is 19.4. The first-order valence-corrected chi connectivity index (χ1v) is 5.58. The molecule has 0 atom stereocenters. The van der Waals surface area contributed by atoms with E-state index < -0.39 is 23.4 Å². The van der Waals surface area contributed by atoms with Crippen LogP contribution in [0.1, 0.15) is 23.0 Å². The highest BCUT2D eigenvalue weighted by Gasteiger charge is 2.38.